The Labute approximate surface area is 185 Å². The lowest BCUT2D eigenvalue weighted by Crippen LogP contribution is -2.45. The smallest absolute Gasteiger partial charge is 0.228 e. The van der Waals surface area contributed by atoms with Gasteiger partial charge in [0.05, 0.1) is 23.4 Å². The molecule has 0 atom stereocenters. The number of likely N-dealkylation sites (tertiary alicyclic amines) is 1. The van der Waals surface area contributed by atoms with E-state index in [1.807, 2.05) is 30.9 Å². The molecule has 0 spiro atoms. The highest BCUT2D eigenvalue weighted by molar-refractivity contribution is 7.90. The van der Waals surface area contributed by atoms with E-state index >= 15 is 0 Å². The van der Waals surface area contributed by atoms with Crippen LogP contribution in [0.4, 0.5) is 0 Å². The van der Waals surface area contributed by atoms with E-state index in [4.69, 9.17) is 4.74 Å². The topological polar surface area (TPSA) is 76.6 Å². The third-order valence-corrected chi connectivity index (χ3v) is 7.29. The third kappa shape index (κ3) is 5.85. The van der Waals surface area contributed by atoms with Crippen LogP contribution >= 0.6 is 0 Å². The predicted octanol–water partition coefficient (Wildman–Crippen LogP) is 4.21. The lowest BCUT2D eigenvalue weighted by Gasteiger charge is -2.36. The minimum Gasteiger partial charge on any atom is -0.492 e. The van der Waals surface area contributed by atoms with Gasteiger partial charge in [0, 0.05) is 30.3 Å². The quantitative estimate of drug-likeness (QED) is 0.639. The second-order valence-electron chi connectivity index (χ2n) is 8.96. The van der Waals surface area contributed by atoms with Crippen molar-refractivity contribution in [1.29, 1.82) is 0 Å². The van der Waals surface area contributed by atoms with Crippen molar-refractivity contribution >= 4 is 15.7 Å². The molecule has 7 heteroatoms. The summed E-state index contributed by atoms with van der Waals surface area (Å²) < 4.78 is 29.1. The Hall–Kier alpha value is -2.41. The molecule has 1 aromatic carbocycles. The minimum absolute atomic E-state index is 0.249. The molecule has 1 saturated heterocycles. The summed E-state index contributed by atoms with van der Waals surface area (Å²) in [4.78, 5) is 19.3. The third-order valence-electron chi connectivity index (χ3n) is 6.16. The van der Waals surface area contributed by atoms with Crippen molar-refractivity contribution in [3.05, 3.63) is 42.6 Å². The first-order chi connectivity index (χ1) is 14.6. The van der Waals surface area contributed by atoms with E-state index in [0.717, 1.165) is 43.6 Å². The molecule has 2 aromatic rings. The van der Waals surface area contributed by atoms with Crippen LogP contribution in [0.3, 0.4) is 0 Å². The Kier molecular flexibility index (Phi) is 7.04. The van der Waals surface area contributed by atoms with Crippen LogP contribution in [0.25, 0.3) is 11.3 Å². The standard InChI is InChI=1S/C24H32N2O4S/c1-5-24(2,3)23(27)26-14-12-18(13-15-26)17-30-20-8-11-22(25-16-20)19-6-9-21(10-7-19)31(4,28)29/h6-11,16,18H,5,12-15,17H2,1-4H3. The van der Waals surface area contributed by atoms with Crippen LogP contribution < -0.4 is 4.74 Å². The SMILES string of the molecule is CCC(C)(C)C(=O)N1CCC(COc2ccc(-c3ccc(S(C)(=O)=O)cc3)nc2)CC1. The highest BCUT2D eigenvalue weighted by Crippen LogP contribution is 2.27. The molecule has 168 valence electrons. The van der Waals surface area contributed by atoms with Gasteiger partial charge in [-0.15, -0.1) is 0 Å². The van der Waals surface area contributed by atoms with Crippen molar-refractivity contribution in [2.75, 3.05) is 26.0 Å². The number of pyridine rings is 1. The number of hydrogen-bond acceptors (Lipinski definition) is 5. The minimum atomic E-state index is -3.21. The van der Waals surface area contributed by atoms with Gasteiger partial charge in [-0.05, 0) is 49.4 Å². The molecule has 0 aliphatic carbocycles. The normalized spacial score (nSPS) is 15.7. The number of piperidine rings is 1. The lowest BCUT2D eigenvalue weighted by atomic mass is 9.87. The van der Waals surface area contributed by atoms with E-state index in [1.165, 1.54) is 6.26 Å². The van der Waals surface area contributed by atoms with Gasteiger partial charge >= 0.3 is 0 Å². The summed E-state index contributed by atoms with van der Waals surface area (Å²) in [7, 11) is -3.21. The van der Waals surface area contributed by atoms with Crippen LogP contribution in [0.5, 0.6) is 5.75 Å². The second-order valence-corrected chi connectivity index (χ2v) is 11.0. The Balaban J connectivity index is 1.51. The van der Waals surface area contributed by atoms with E-state index in [-0.39, 0.29) is 11.3 Å². The van der Waals surface area contributed by atoms with Crippen molar-refractivity contribution in [2.45, 2.75) is 44.9 Å². The van der Waals surface area contributed by atoms with Crippen LogP contribution in [0.15, 0.2) is 47.5 Å². The first-order valence-corrected chi connectivity index (χ1v) is 12.7. The number of aromatic nitrogens is 1. The molecule has 0 bridgehead atoms. The molecule has 31 heavy (non-hydrogen) atoms. The Bertz CT molecular complexity index is 991. The number of carbonyl (C=O) groups is 1. The molecule has 3 rings (SSSR count). The number of rotatable bonds is 7. The molecule has 0 saturated carbocycles. The molecule has 1 aromatic heterocycles. The van der Waals surface area contributed by atoms with Crippen molar-refractivity contribution in [1.82, 2.24) is 9.88 Å². The zero-order chi connectivity index (χ0) is 22.6. The molecule has 1 aliphatic rings. The average Bonchev–Trinajstić information content (AvgIpc) is 2.77. The zero-order valence-corrected chi connectivity index (χ0v) is 19.6. The number of amides is 1. The van der Waals surface area contributed by atoms with Gasteiger partial charge in [0.1, 0.15) is 5.75 Å². The maximum Gasteiger partial charge on any atom is 0.228 e. The monoisotopic (exact) mass is 444 g/mol. The summed E-state index contributed by atoms with van der Waals surface area (Å²) in [5.41, 5.74) is 1.32. The van der Waals surface area contributed by atoms with E-state index in [0.29, 0.717) is 23.2 Å². The van der Waals surface area contributed by atoms with Crippen molar-refractivity contribution in [3.8, 4) is 17.0 Å². The maximum absolute atomic E-state index is 12.6. The Morgan fingerprint density at radius 1 is 1.13 bits per heavy atom. The van der Waals surface area contributed by atoms with Gasteiger partial charge in [0.25, 0.3) is 0 Å². The van der Waals surface area contributed by atoms with E-state index in [1.54, 1.807) is 30.5 Å². The molecule has 6 nitrogen and oxygen atoms in total. The summed E-state index contributed by atoms with van der Waals surface area (Å²) >= 11 is 0. The van der Waals surface area contributed by atoms with Crippen LogP contribution in [0.1, 0.15) is 40.0 Å². The number of ether oxygens (including phenoxy) is 1. The first kappa shape index (κ1) is 23.3. The van der Waals surface area contributed by atoms with Gasteiger partial charge in [-0.2, -0.15) is 0 Å². The molecular formula is C24H32N2O4S. The Morgan fingerprint density at radius 3 is 2.29 bits per heavy atom. The fourth-order valence-corrected chi connectivity index (χ4v) is 4.24. The van der Waals surface area contributed by atoms with Crippen molar-refractivity contribution in [2.24, 2.45) is 11.3 Å². The maximum atomic E-state index is 12.6. The molecular weight excluding hydrogens is 412 g/mol. The van der Waals surface area contributed by atoms with Crippen molar-refractivity contribution in [3.63, 3.8) is 0 Å². The van der Waals surface area contributed by atoms with Crippen LogP contribution in [-0.2, 0) is 14.6 Å². The van der Waals surface area contributed by atoms with Gasteiger partial charge in [-0.3, -0.25) is 9.78 Å². The summed E-state index contributed by atoms with van der Waals surface area (Å²) in [6.07, 6.45) is 5.63. The summed E-state index contributed by atoms with van der Waals surface area (Å²) in [5, 5.41) is 0. The largest absolute Gasteiger partial charge is 0.492 e. The van der Waals surface area contributed by atoms with E-state index < -0.39 is 9.84 Å². The lowest BCUT2D eigenvalue weighted by molar-refractivity contribution is -0.142. The second kappa shape index (κ2) is 9.39. The van der Waals surface area contributed by atoms with Gasteiger partial charge in [-0.1, -0.05) is 32.9 Å². The first-order valence-electron chi connectivity index (χ1n) is 10.8. The molecule has 1 amide bonds. The van der Waals surface area contributed by atoms with Gasteiger partial charge < -0.3 is 9.64 Å². The highest BCUT2D eigenvalue weighted by atomic mass is 32.2. The number of sulfone groups is 1. The van der Waals surface area contributed by atoms with Crippen LogP contribution in [-0.4, -0.2) is 50.2 Å². The summed E-state index contributed by atoms with van der Waals surface area (Å²) in [6.45, 7) is 8.28. The highest BCUT2D eigenvalue weighted by Gasteiger charge is 2.32. The molecule has 0 N–H and O–H groups in total. The Morgan fingerprint density at radius 2 is 1.77 bits per heavy atom. The fraction of sp³-hybridized carbons (Fsp3) is 0.500. The van der Waals surface area contributed by atoms with Gasteiger partial charge in [0.2, 0.25) is 5.91 Å². The number of benzene rings is 1. The number of carbonyl (C=O) groups excluding carboxylic acids is 1. The molecule has 0 radical (unpaired) electrons. The van der Waals surface area contributed by atoms with Gasteiger partial charge in [0.15, 0.2) is 9.84 Å². The predicted molar refractivity (Wildman–Crippen MR) is 122 cm³/mol. The van der Waals surface area contributed by atoms with Crippen molar-refractivity contribution < 1.29 is 17.9 Å². The zero-order valence-electron chi connectivity index (χ0n) is 18.8. The molecule has 1 fully saturated rings. The molecule has 1 aliphatic heterocycles. The number of hydrogen-bond donors (Lipinski definition) is 0. The average molecular weight is 445 g/mol. The van der Waals surface area contributed by atoms with Crippen LogP contribution in [0.2, 0.25) is 0 Å². The molecule has 2 heterocycles. The molecule has 0 unspecified atom stereocenters. The fourth-order valence-electron chi connectivity index (χ4n) is 3.61. The van der Waals surface area contributed by atoms with Crippen LogP contribution in [0, 0.1) is 11.3 Å². The van der Waals surface area contributed by atoms with E-state index in [2.05, 4.69) is 11.9 Å². The van der Waals surface area contributed by atoms with E-state index in [9.17, 15) is 13.2 Å². The summed E-state index contributed by atoms with van der Waals surface area (Å²) in [6, 6.07) is 10.5. The number of nitrogens with zero attached hydrogens (tertiary/aromatic N) is 2. The van der Waals surface area contributed by atoms with Gasteiger partial charge in [-0.25, -0.2) is 8.42 Å². The summed E-state index contributed by atoms with van der Waals surface area (Å²) in [5.74, 6) is 1.39.